The van der Waals surface area contributed by atoms with E-state index in [4.69, 9.17) is 9.84 Å². The minimum atomic E-state index is -0.966. The Kier molecular flexibility index (Phi) is 7.20. The number of benzene rings is 1. The Bertz CT molecular complexity index is 1000. The number of methoxy groups -OCH3 is 1. The summed E-state index contributed by atoms with van der Waals surface area (Å²) in [5, 5.41) is 19.3. The first kappa shape index (κ1) is 25.6. The van der Waals surface area contributed by atoms with E-state index in [1.54, 1.807) is 47.3 Å². The van der Waals surface area contributed by atoms with E-state index in [1.807, 2.05) is 6.92 Å². The summed E-state index contributed by atoms with van der Waals surface area (Å²) < 4.78 is 3.91. The van der Waals surface area contributed by atoms with Gasteiger partial charge >= 0.3 is 5.97 Å². The van der Waals surface area contributed by atoms with E-state index in [-0.39, 0.29) is 25.0 Å². The first-order chi connectivity index (χ1) is 16.7. The van der Waals surface area contributed by atoms with Gasteiger partial charge in [0.1, 0.15) is 11.8 Å². The maximum atomic E-state index is 14.3. The second-order valence-corrected chi connectivity index (χ2v) is 11.7. The maximum absolute atomic E-state index is 14.3. The van der Waals surface area contributed by atoms with E-state index in [1.165, 1.54) is 11.8 Å². The van der Waals surface area contributed by atoms with Crippen molar-refractivity contribution >= 4 is 35.2 Å². The number of thioether (sulfide) groups is 1. The molecule has 3 saturated heterocycles. The molecule has 1 spiro atoms. The van der Waals surface area contributed by atoms with E-state index in [9.17, 15) is 19.5 Å². The molecule has 0 aliphatic carbocycles. The van der Waals surface area contributed by atoms with Gasteiger partial charge in [0.25, 0.3) is 5.91 Å². The van der Waals surface area contributed by atoms with Crippen molar-refractivity contribution in [2.45, 2.75) is 54.6 Å². The van der Waals surface area contributed by atoms with Gasteiger partial charge in [-0.2, -0.15) is 0 Å². The Morgan fingerprint density at radius 1 is 1.26 bits per heavy atom. The third-order valence-corrected chi connectivity index (χ3v) is 9.78. The number of aliphatic hydroxyl groups excluding tert-OH is 1. The molecule has 3 aliphatic rings. The smallest absolute Gasteiger partial charge is 0.308 e. The lowest BCUT2D eigenvalue weighted by Crippen LogP contribution is -2.55. The van der Waals surface area contributed by atoms with Crippen LogP contribution >= 0.6 is 11.8 Å². The van der Waals surface area contributed by atoms with Gasteiger partial charge in [0.2, 0.25) is 5.91 Å². The standard InChI is InChI=1S/C26H34N2O6S/c1-4-14-27(17-8-10-18(34-3)11-9-17)23(31)21-26-13-12-25(2,35-26)20(24(32)33)19(26)22(30)28(21)15-6-5-7-16-29/h4,8-11,19-21,29H,1,5-7,12-16H2,2-3H3,(H,32,33)/t19-,20+,21?,25-,26?/m0/s1. The van der Waals surface area contributed by atoms with Crippen molar-refractivity contribution in [3.05, 3.63) is 36.9 Å². The third-order valence-electron chi connectivity index (χ3n) is 7.80. The van der Waals surface area contributed by atoms with Crippen LogP contribution in [0, 0.1) is 11.8 Å². The van der Waals surface area contributed by atoms with Crippen LogP contribution < -0.4 is 9.64 Å². The molecule has 0 aromatic heterocycles. The van der Waals surface area contributed by atoms with Crippen LogP contribution in [0.3, 0.4) is 0 Å². The Hall–Kier alpha value is -2.52. The van der Waals surface area contributed by atoms with Crippen LogP contribution in [-0.4, -0.2) is 75.2 Å². The van der Waals surface area contributed by atoms with Crippen molar-refractivity contribution < 1.29 is 29.3 Å². The fourth-order valence-electron chi connectivity index (χ4n) is 6.25. The number of amides is 2. The highest BCUT2D eigenvalue weighted by molar-refractivity contribution is 8.02. The number of carboxylic acid groups (broad SMARTS) is 1. The van der Waals surface area contributed by atoms with Gasteiger partial charge in [-0.1, -0.05) is 6.08 Å². The number of hydrogen-bond donors (Lipinski definition) is 2. The number of ether oxygens (including phenoxy) is 1. The van der Waals surface area contributed by atoms with E-state index in [0.717, 1.165) is 6.42 Å². The van der Waals surface area contributed by atoms with Gasteiger partial charge in [-0.25, -0.2) is 0 Å². The molecule has 2 amide bonds. The Balaban J connectivity index is 1.74. The van der Waals surface area contributed by atoms with Crippen molar-refractivity contribution in [2.75, 3.05) is 31.7 Å². The first-order valence-electron chi connectivity index (χ1n) is 12.1. The minimum Gasteiger partial charge on any atom is -0.497 e. The number of rotatable bonds is 11. The fourth-order valence-corrected chi connectivity index (χ4v) is 8.60. The number of carbonyl (C=O) groups excluding carboxylic acids is 2. The fraction of sp³-hybridized carbons (Fsp3) is 0.577. The first-order valence-corrected chi connectivity index (χ1v) is 13.0. The maximum Gasteiger partial charge on any atom is 0.308 e. The number of carbonyl (C=O) groups is 3. The zero-order chi connectivity index (χ0) is 25.4. The summed E-state index contributed by atoms with van der Waals surface area (Å²) in [7, 11) is 1.58. The number of anilines is 1. The van der Waals surface area contributed by atoms with Gasteiger partial charge in [-0.05, 0) is 63.3 Å². The van der Waals surface area contributed by atoms with Crippen LogP contribution in [-0.2, 0) is 14.4 Å². The number of carboxylic acids is 1. The molecule has 1 aromatic carbocycles. The number of likely N-dealkylation sites (tertiary alicyclic amines) is 1. The molecule has 5 atom stereocenters. The molecule has 2 unspecified atom stereocenters. The highest BCUT2D eigenvalue weighted by Gasteiger charge is 2.77. The van der Waals surface area contributed by atoms with Gasteiger partial charge in [0.15, 0.2) is 0 Å². The van der Waals surface area contributed by atoms with E-state index in [0.29, 0.717) is 43.7 Å². The normalized spacial score (nSPS) is 30.9. The molecule has 1 aromatic rings. The van der Waals surface area contributed by atoms with E-state index >= 15 is 0 Å². The van der Waals surface area contributed by atoms with Crippen LogP contribution in [0.15, 0.2) is 36.9 Å². The number of nitrogens with zero attached hydrogens (tertiary/aromatic N) is 2. The average molecular weight is 503 g/mol. The molecular formula is C26H34N2O6S. The quantitative estimate of drug-likeness (QED) is 0.354. The summed E-state index contributed by atoms with van der Waals surface area (Å²) in [5.41, 5.74) is 0.668. The van der Waals surface area contributed by atoms with E-state index < -0.39 is 33.3 Å². The Morgan fingerprint density at radius 2 is 1.97 bits per heavy atom. The lowest BCUT2D eigenvalue weighted by atomic mass is 9.66. The zero-order valence-corrected chi connectivity index (χ0v) is 21.1. The number of aliphatic hydroxyl groups is 1. The van der Waals surface area contributed by atoms with Crippen LogP contribution in [0.1, 0.15) is 39.0 Å². The van der Waals surface area contributed by atoms with Gasteiger partial charge in [-0.15, -0.1) is 18.3 Å². The lowest BCUT2D eigenvalue weighted by molar-refractivity contribution is -0.150. The van der Waals surface area contributed by atoms with E-state index in [2.05, 4.69) is 6.58 Å². The number of hydrogen-bond acceptors (Lipinski definition) is 6. The topological polar surface area (TPSA) is 107 Å². The van der Waals surface area contributed by atoms with Crippen molar-refractivity contribution in [3.63, 3.8) is 0 Å². The summed E-state index contributed by atoms with van der Waals surface area (Å²) in [6, 6.07) is 6.41. The molecule has 2 bridgehead atoms. The predicted molar refractivity (Wildman–Crippen MR) is 135 cm³/mol. The predicted octanol–water partition coefficient (Wildman–Crippen LogP) is 2.94. The molecule has 9 heteroatoms. The second kappa shape index (κ2) is 9.85. The van der Waals surface area contributed by atoms with Crippen molar-refractivity contribution in [1.82, 2.24) is 4.90 Å². The number of unbranched alkanes of at least 4 members (excludes halogenated alkanes) is 2. The van der Waals surface area contributed by atoms with Gasteiger partial charge < -0.3 is 24.7 Å². The summed E-state index contributed by atoms with van der Waals surface area (Å²) in [4.78, 5) is 43.7. The largest absolute Gasteiger partial charge is 0.497 e. The summed E-state index contributed by atoms with van der Waals surface area (Å²) >= 11 is 1.54. The molecule has 3 heterocycles. The molecule has 3 aliphatic heterocycles. The summed E-state index contributed by atoms with van der Waals surface area (Å²) in [5.74, 6) is -2.29. The van der Waals surface area contributed by atoms with Crippen LogP contribution in [0.2, 0.25) is 0 Å². The highest BCUT2D eigenvalue weighted by Crippen LogP contribution is 2.71. The zero-order valence-electron chi connectivity index (χ0n) is 20.3. The molecule has 0 radical (unpaired) electrons. The van der Waals surface area contributed by atoms with Gasteiger partial charge in [-0.3, -0.25) is 14.4 Å². The second-order valence-electron chi connectivity index (χ2n) is 9.82. The molecule has 4 rings (SSSR count). The molecule has 0 saturated carbocycles. The third kappa shape index (κ3) is 4.12. The van der Waals surface area contributed by atoms with Crippen molar-refractivity contribution in [3.8, 4) is 5.75 Å². The molecule has 8 nitrogen and oxygen atoms in total. The molecule has 2 N–H and O–H groups in total. The van der Waals surface area contributed by atoms with Crippen molar-refractivity contribution in [2.24, 2.45) is 11.8 Å². The highest BCUT2D eigenvalue weighted by atomic mass is 32.2. The molecular weight excluding hydrogens is 468 g/mol. The number of aliphatic carboxylic acids is 1. The van der Waals surface area contributed by atoms with Gasteiger partial charge in [0, 0.05) is 30.1 Å². The number of fused-ring (bicyclic) bond motifs is 1. The Labute approximate surface area is 210 Å². The average Bonchev–Trinajstić information content (AvgIpc) is 3.41. The molecule has 3 fully saturated rings. The van der Waals surface area contributed by atoms with Crippen LogP contribution in [0.4, 0.5) is 5.69 Å². The van der Waals surface area contributed by atoms with Crippen LogP contribution in [0.25, 0.3) is 0 Å². The molecule has 35 heavy (non-hydrogen) atoms. The summed E-state index contributed by atoms with van der Waals surface area (Å²) in [6.45, 7) is 6.45. The minimum absolute atomic E-state index is 0.0722. The molecule has 190 valence electrons. The van der Waals surface area contributed by atoms with Crippen LogP contribution in [0.5, 0.6) is 5.75 Å². The monoisotopic (exact) mass is 502 g/mol. The van der Waals surface area contributed by atoms with Crippen molar-refractivity contribution in [1.29, 1.82) is 0 Å². The SMILES string of the molecule is C=CCN(C(=O)C1N(CCCCCO)C(=O)[C@@H]2[C@H](C(=O)O)[C@]3(C)CCC12S3)c1ccc(OC)cc1. The van der Waals surface area contributed by atoms with Gasteiger partial charge in [0.05, 0.1) is 23.7 Å². The summed E-state index contributed by atoms with van der Waals surface area (Å²) in [6.07, 6.45) is 4.92. The lowest BCUT2D eigenvalue weighted by Gasteiger charge is -2.37. The Morgan fingerprint density at radius 3 is 2.57 bits per heavy atom.